The molecule has 10 heteroatoms. The second-order valence-corrected chi connectivity index (χ2v) is 9.20. The van der Waals surface area contributed by atoms with Crippen molar-refractivity contribution in [2.45, 2.75) is 24.2 Å². The summed E-state index contributed by atoms with van der Waals surface area (Å²) in [6.45, 7) is 1.12. The van der Waals surface area contributed by atoms with E-state index in [0.717, 1.165) is 0 Å². The number of sulfonamides is 1. The third-order valence-electron chi connectivity index (χ3n) is 4.85. The molecule has 0 spiro atoms. The van der Waals surface area contributed by atoms with Crippen LogP contribution in [0.5, 0.6) is 5.88 Å². The van der Waals surface area contributed by atoms with Crippen LogP contribution in [0.25, 0.3) is 0 Å². The van der Waals surface area contributed by atoms with Crippen LogP contribution in [0, 0.1) is 5.92 Å². The van der Waals surface area contributed by atoms with Crippen molar-refractivity contribution in [2.75, 3.05) is 47.4 Å². The summed E-state index contributed by atoms with van der Waals surface area (Å²) >= 11 is 0. The normalized spacial score (nSPS) is 16.6. The summed E-state index contributed by atoms with van der Waals surface area (Å²) < 4.78 is 45.2. The fourth-order valence-electron chi connectivity index (χ4n) is 3.05. The number of nitrogens with zero attached hydrogens (tertiary/aromatic N) is 3. The Morgan fingerprint density at radius 1 is 1.38 bits per heavy atom. The van der Waals surface area contributed by atoms with Crippen LogP contribution in [0.3, 0.4) is 0 Å². The van der Waals surface area contributed by atoms with Gasteiger partial charge in [-0.15, -0.1) is 0 Å². The van der Waals surface area contributed by atoms with Gasteiger partial charge in [0.25, 0.3) is 0 Å². The van der Waals surface area contributed by atoms with E-state index >= 15 is 0 Å². The van der Waals surface area contributed by atoms with Gasteiger partial charge < -0.3 is 15.0 Å². The molecule has 29 heavy (non-hydrogen) atoms. The van der Waals surface area contributed by atoms with Gasteiger partial charge in [-0.05, 0) is 31.9 Å². The minimum atomic E-state index is -3.65. The Morgan fingerprint density at radius 2 is 2.07 bits per heavy atom. The Balaban J connectivity index is 1.93. The van der Waals surface area contributed by atoms with E-state index in [1.54, 1.807) is 26.0 Å². The highest BCUT2D eigenvalue weighted by Crippen LogP contribution is 2.26. The number of hydrogen-bond acceptors (Lipinski definition) is 6. The monoisotopic (exact) mass is 428 g/mol. The Hall–Kier alpha value is -2.04. The molecule has 1 amide bonds. The fourth-order valence-corrected chi connectivity index (χ4v) is 4.47. The molecule has 2 heterocycles. The lowest BCUT2D eigenvalue weighted by Crippen LogP contribution is -2.39. The molecular formula is C19H29FN4O4S. The number of piperidine rings is 1. The van der Waals surface area contributed by atoms with E-state index in [2.05, 4.69) is 10.3 Å². The largest absolute Gasteiger partial charge is 0.473 e. The third-order valence-corrected chi connectivity index (χ3v) is 6.73. The van der Waals surface area contributed by atoms with E-state index in [1.165, 1.54) is 22.6 Å². The van der Waals surface area contributed by atoms with Crippen molar-refractivity contribution < 1.29 is 22.3 Å². The van der Waals surface area contributed by atoms with E-state index < -0.39 is 10.0 Å². The van der Waals surface area contributed by atoms with Crippen LogP contribution in [0.4, 0.5) is 4.39 Å². The molecule has 0 bridgehead atoms. The molecule has 0 radical (unpaired) electrons. The van der Waals surface area contributed by atoms with Crippen LogP contribution in [0.15, 0.2) is 35.1 Å². The average molecular weight is 429 g/mol. The summed E-state index contributed by atoms with van der Waals surface area (Å²) in [6.07, 6.45) is 3.47. The van der Waals surface area contributed by atoms with Gasteiger partial charge >= 0.3 is 0 Å². The van der Waals surface area contributed by atoms with Gasteiger partial charge in [0.05, 0.1) is 12.5 Å². The third kappa shape index (κ3) is 6.48. The molecule has 0 aliphatic carbocycles. The minimum Gasteiger partial charge on any atom is -0.473 e. The summed E-state index contributed by atoms with van der Waals surface area (Å²) in [6, 6.07) is 2.90. The molecule has 1 aromatic heterocycles. The lowest BCUT2D eigenvalue weighted by atomic mass is 9.94. The zero-order valence-corrected chi connectivity index (χ0v) is 17.9. The summed E-state index contributed by atoms with van der Waals surface area (Å²) in [5, 5.41) is 2.82. The molecular weight excluding hydrogens is 399 g/mol. The first kappa shape index (κ1) is 23.2. The highest BCUT2D eigenvalue weighted by molar-refractivity contribution is 7.89. The van der Waals surface area contributed by atoms with E-state index in [0.29, 0.717) is 50.8 Å². The Kier molecular flexibility index (Phi) is 8.54. The van der Waals surface area contributed by atoms with Crippen molar-refractivity contribution in [1.82, 2.24) is 19.5 Å². The SMILES string of the molecule is CNC/C(=C/F)COc1ccc(S(=O)(=O)N2CCC(CC(=O)N(C)C)CC2)cn1. The van der Waals surface area contributed by atoms with Gasteiger partial charge in [-0.1, -0.05) is 0 Å². The zero-order chi connectivity index (χ0) is 21.4. The highest BCUT2D eigenvalue weighted by atomic mass is 32.2. The zero-order valence-electron chi connectivity index (χ0n) is 17.1. The quantitative estimate of drug-likeness (QED) is 0.640. The maximum absolute atomic E-state index is 12.8. The van der Waals surface area contributed by atoms with Gasteiger partial charge in [-0.25, -0.2) is 17.8 Å². The molecule has 0 saturated carbocycles. The summed E-state index contributed by atoms with van der Waals surface area (Å²) in [5.74, 6) is 0.479. The number of rotatable bonds is 9. The van der Waals surface area contributed by atoms with Crippen molar-refractivity contribution in [3.05, 3.63) is 30.2 Å². The summed E-state index contributed by atoms with van der Waals surface area (Å²) in [4.78, 5) is 17.5. The molecule has 1 fully saturated rings. The first-order valence-corrected chi connectivity index (χ1v) is 10.9. The predicted octanol–water partition coefficient (Wildman–Crippen LogP) is 1.41. The number of carbonyl (C=O) groups is 1. The lowest BCUT2D eigenvalue weighted by molar-refractivity contribution is -0.129. The second-order valence-electron chi connectivity index (χ2n) is 7.26. The first-order chi connectivity index (χ1) is 13.8. The van der Waals surface area contributed by atoms with Crippen LogP contribution in [-0.4, -0.2) is 75.9 Å². The smallest absolute Gasteiger partial charge is 0.244 e. The number of amides is 1. The Labute approximate surface area is 171 Å². The van der Waals surface area contributed by atoms with Crippen LogP contribution >= 0.6 is 0 Å². The standard InChI is InChI=1S/C19H29FN4O4S/c1-21-12-16(11-20)14-28-18-5-4-17(13-22-18)29(26,27)24-8-6-15(7-9-24)10-19(25)23(2)3/h4-5,11,13,15,21H,6-10,12,14H2,1-3H3/b16-11-. The van der Waals surface area contributed by atoms with E-state index in [-0.39, 0.29) is 29.2 Å². The summed E-state index contributed by atoms with van der Waals surface area (Å²) in [7, 11) is 1.49. The van der Waals surface area contributed by atoms with Crippen LogP contribution < -0.4 is 10.1 Å². The van der Waals surface area contributed by atoms with Gasteiger partial charge in [-0.3, -0.25) is 4.79 Å². The van der Waals surface area contributed by atoms with Gasteiger partial charge in [0.2, 0.25) is 21.8 Å². The predicted molar refractivity (Wildman–Crippen MR) is 108 cm³/mol. The molecule has 162 valence electrons. The molecule has 1 aromatic rings. The van der Waals surface area contributed by atoms with Crippen LogP contribution in [-0.2, 0) is 14.8 Å². The first-order valence-electron chi connectivity index (χ1n) is 9.49. The van der Waals surface area contributed by atoms with E-state index in [9.17, 15) is 17.6 Å². The van der Waals surface area contributed by atoms with Crippen molar-refractivity contribution in [2.24, 2.45) is 5.92 Å². The number of nitrogens with one attached hydrogen (secondary N) is 1. The fraction of sp³-hybridized carbons (Fsp3) is 0.579. The van der Waals surface area contributed by atoms with E-state index in [1.807, 2.05) is 0 Å². The van der Waals surface area contributed by atoms with Crippen molar-refractivity contribution in [3.8, 4) is 5.88 Å². The maximum atomic E-state index is 12.8. The van der Waals surface area contributed by atoms with Gasteiger partial charge in [-0.2, -0.15) is 4.31 Å². The maximum Gasteiger partial charge on any atom is 0.244 e. The van der Waals surface area contributed by atoms with Gasteiger partial charge in [0.1, 0.15) is 11.5 Å². The minimum absolute atomic E-state index is 0.0234. The molecule has 0 unspecified atom stereocenters. The van der Waals surface area contributed by atoms with Crippen LogP contribution in [0.1, 0.15) is 19.3 Å². The lowest BCUT2D eigenvalue weighted by Gasteiger charge is -2.31. The molecule has 2 rings (SSSR count). The van der Waals surface area contributed by atoms with Crippen LogP contribution in [0.2, 0.25) is 0 Å². The summed E-state index contributed by atoms with van der Waals surface area (Å²) in [5.41, 5.74) is 0.418. The Bertz CT molecular complexity index is 804. The molecule has 0 atom stereocenters. The number of pyridine rings is 1. The van der Waals surface area contributed by atoms with Gasteiger partial charge in [0.15, 0.2) is 0 Å². The van der Waals surface area contributed by atoms with Crippen molar-refractivity contribution in [1.29, 1.82) is 0 Å². The number of halogens is 1. The molecule has 1 aliphatic heterocycles. The van der Waals surface area contributed by atoms with Crippen molar-refractivity contribution >= 4 is 15.9 Å². The van der Waals surface area contributed by atoms with Crippen molar-refractivity contribution in [3.63, 3.8) is 0 Å². The average Bonchev–Trinajstić information content (AvgIpc) is 2.71. The number of aromatic nitrogens is 1. The highest BCUT2D eigenvalue weighted by Gasteiger charge is 2.30. The number of carbonyl (C=O) groups excluding carboxylic acids is 1. The molecule has 8 nitrogen and oxygen atoms in total. The van der Waals surface area contributed by atoms with Gasteiger partial charge in [0, 0.05) is 51.8 Å². The Morgan fingerprint density at radius 3 is 2.59 bits per heavy atom. The molecule has 1 N–H and O–H groups in total. The number of hydrogen-bond donors (Lipinski definition) is 1. The molecule has 1 saturated heterocycles. The topological polar surface area (TPSA) is 91.8 Å². The number of ether oxygens (including phenoxy) is 1. The molecule has 1 aliphatic rings. The van der Waals surface area contributed by atoms with E-state index in [4.69, 9.17) is 4.74 Å². The second kappa shape index (κ2) is 10.7. The number of likely N-dealkylation sites (N-methyl/N-ethyl adjacent to an activating group) is 1. The molecule has 0 aromatic carbocycles.